The number of fused-ring (bicyclic) bond motifs is 1. The van der Waals surface area contributed by atoms with Gasteiger partial charge in [0.25, 0.3) is 5.91 Å². The molecule has 0 heterocycles. The Kier molecular flexibility index (Phi) is 3.83. The maximum atomic E-state index is 14.1. The zero-order valence-electron chi connectivity index (χ0n) is 12.0. The van der Waals surface area contributed by atoms with Crippen LogP contribution in [-0.2, 0) is 0 Å². The molecular formula is C16H19F2NO2. The Morgan fingerprint density at radius 3 is 2.81 bits per heavy atom. The number of nitrogens with one attached hydrogen (secondary N) is 1. The van der Waals surface area contributed by atoms with E-state index in [1.807, 2.05) is 0 Å². The minimum Gasteiger partial charge on any atom is -0.494 e. The highest BCUT2D eigenvalue weighted by Gasteiger charge is 2.40. The molecular weight excluding hydrogens is 276 g/mol. The van der Waals surface area contributed by atoms with Crippen LogP contribution in [0, 0.1) is 23.5 Å². The van der Waals surface area contributed by atoms with Crippen LogP contribution in [0.1, 0.15) is 42.5 Å². The third-order valence-corrected chi connectivity index (χ3v) is 4.90. The number of benzene rings is 1. The molecule has 3 nitrogen and oxygen atoms in total. The van der Waals surface area contributed by atoms with Gasteiger partial charge < -0.3 is 10.1 Å². The molecule has 2 aliphatic rings. The molecule has 0 spiro atoms. The number of hydrogen-bond donors (Lipinski definition) is 1. The Labute approximate surface area is 122 Å². The fourth-order valence-corrected chi connectivity index (χ4v) is 3.88. The van der Waals surface area contributed by atoms with Gasteiger partial charge in [0.2, 0.25) is 0 Å². The van der Waals surface area contributed by atoms with Gasteiger partial charge in [-0.25, -0.2) is 8.78 Å². The Bertz CT molecular complexity index is 561. The van der Waals surface area contributed by atoms with Crippen LogP contribution in [0.5, 0.6) is 5.75 Å². The van der Waals surface area contributed by atoms with Crippen molar-refractivity contribution in [1.29, 1.82) is 0 Å². The summed E-state index contributed by atoms with van der Waals surface area (Å²) < 4.78 is 32.7. The van der Waals surface area contributed by atoms with Crippen LogP contribution in [0.4, 0.5) is 8.78 Å². The number of hydrogen-bond acceptors (Lipinski definition) is 2. The first-order valence-corrected chi connectivity index (χ1v) is 7.44. The average Bonchev–Trinajstić information content (AvgIpc) is 3.04. The van der Waals surface area contributed by atoms with E-state index in [0.717, 1.165) is 25.3 Å². The first-order valence-electron chi connectivity index (χ1n) is 7.44. The third-order valence-electron chi connectivity index (χ3n) is 4.90. The maximum absolute atomic E-state index is 14.1. The minimum absolute atomic E-state index is 0.0370. The number of ether oxygens (including phenoxy) is 1. The number of carbonyl (C=O) groups excluding carboxylic acids is 1. The molecule has 0 aromatic heterocycles. The molecule has 0 radical (unpaired) electrons. The lowest BCUT2D eigenvalue weighted by Crippen LogP contribution is -2.38. The summed E-state index contributed by atoms with van der Waals surface area (Å²) in [5, 5.41) is 2.83. The fourth-order valence-electron chi connectivity index (χ4n) is 3.88. The summed E-state index contributed by atoms with van der Waals surface area (Å²) in [6, 6.07) is 2.28. The number of rotatable bonds is 3. The Morgan fingerprint density at radius 1 is 1.24 bits per heavy atom. The molecule has 0 aliphatic heterocycles. The van der Waals surface area contributed by atoms with Crippen molar-refractivity contribution in [2.75, 3.05) is 7.11 Å². The van der Waals surface area contributed by atoms with Crippen LogP contribution >= 0.6 is 0 Å². The van der Waals surface area contributed by atoms with E-state index in [9.17, 15) is 13.6 Å². The molecule has 1 aromatic rings. The summed E-state index contributed by atoms with van der Waals surface area (Å²) in [6.07, 6.45) is 5.48. The molecule has 2 aliphatic carbocycles. The molecule has 3 atom stereocenters. The van der Waals surface area contributed by atoms with Gasteiger partial charge in [-0.3, -0.25) is 4.79 Å². The van der Waals surface area contributed by atoms with E-state index in [1.54, 1.807) is 0 Å². The van der Waals surface area contributed by atoms with Gasteiger partial charge in [0, 0.05) is 6.04 Å². The molecule has 2 saturated carbocycles. The van der Waals surface area contributed by atoms with Gasteiger partial charge in [0.15, 0.2) is 11.6 Å². The van der Waals surface area contributed by atoms with Gasteiger partial charge >= 0.3 is 0 Å². The van der Waals surface area contributed by atoms with Gasteiger partial charge in [-0.15, -0.1) is 0 Å². The van der Waals surface area contributed by atoms with E-state index in [4.69, 9.17) is 4.74 Å². The molecule has 5 heteroatoms. The second kappa shape index (κ2) is 5.62. The minimum atomic E-state index is -0.934. The molecule has 3 unspecified atom stereocenters. The van der Waals surface area contributed by atoms with E-state index in [0.29, 0.717) is 11.8 Å². The topological polar surface area (TPSA) is 38.3 Å². The Balaban J connectivity index is 1.79. The predicted octanol–water partition coefficient (Wildman–Crippen LogP) is 3.28. The summed E-state index contributed by atoms with van der Waals surface area (Å²) in [5.74, 6) is -1.46. The van der Waals surface area contributed by atoms with Crippen LogP contribution in [0.25, 0.3) is 0 Å². The zero-order chi connectivity index (χ0) is 15.0. The predicted molar refractivity (Wildman–Crippen MR) is 74.2 cm³/mol. The summed E-state index contributed by atoms with van der Waals surface area (Å²) in [5.41, 5.74) is -0.546. The largest absolute Gasteiger partial charge is 0.494 e. The van der Waals surface area contributed by atoms with Crippen LogP contribution in [-0.4, -0.2) is 19.1 Å². The van der Waals surface area contributed by atoms with Crippen molar-refractivity contribution in [3.63, 3.8) is 0 Å². The molecule has 0 bridgehead atoms. The highest BCUT2D eigenvalue weighted by Crippen LogP contribution is 2.44. The highest BCUT2D eigenvalue weighted by atomic mass is 19.1. The van der Waals surface area contributed by atoms with Crippen molar-refractivity contribution < 1.29 is 18.3 Å². The first-order chi connectivity index (χ1) is 10.1. The normalized spacial score (nSPS) is 27.5. The standard InChI is InChI=1S/C16H19F2NO2/c1-21-13-8-6-11(17)14(15(13)18)16(20)19-12-7-5-9-3-2-4-10(9)12/h6,8-10,12H,2-5,7H2,1H3,(H,19,20). The van der Waals surface area contributed by atoms with Crippen molar-refractivity contribution in [3.8, 4) is 5.75 Å². The van der Waals surface area contributed by atoms with Crippen molar-refractivity contribution in [3.05, 3.63) is 29.3 Å². The smallest absolute Gasteiger partial charge is 0.257 e. The lowest BCUT2D eigenvalue weighted by Gasteiger charge is -2.20. The molecule has 1 amide bonds. The molecule has 3 rings (SSSR count). The van der Waals surface area contributed by atoms with Gasteiger partial charge in [0.05, 0.1) is 7.11 Å². The number of amides is 1. The lowest BCUT2D eigenvalue weighted by atomic mass is 9.97. The van der Waals surface area contributed by atoms with Crippen LogP contribution < -0.4 is 10.1 Å². The van der Waals surface area contributed by atoms with Gasteiger partial charge in [-0.1, -0.05) is 12.8 Å². The molecule has 114 valence electrons. The van der Waals surface area contributed by atoms with Crippen molar-refractivity contribution in [2.24, 2.45) is 11.8 Å². The molecule has 21 heavy (non-hydrogen) atoms. The molecule has 1 N–H and O–H groups in total. The quantitative estimate of drug-likeness (QED) is 0.929. The number of methoxy groups -OCH3 is 1. The van der Waals surface area contributed by atoms with Crippen molar-refractivity contribution in [1.82, 2.24) is 5.32 Å². The summed E-state index contributed by atoms with van der Waals surface area (Å²) in [7, 11) is 1.29. The highest BCUT2D eigenvalue weighted by molar-refractivity contribution is 5.95. The zero-order valence-corrected chi connectivity index (χ0v) is 12.0. The summed E-state index contributed by atoms with van der Waals surface area (Å²) in [4.78, 5) is 12.3. The molecule has 1 aromatic carbocycles. The van der Waals surface area contributed by atoms with Gasteiger partial charge in [-0.05, 0) is 43.2 Å². The van der Waals surface area contributed by atoms with Crippen molar-refractivity contribution in [2.45, 2.75) is 38.1 Å². The molecule has 0 saturated heterocycles. The summed E-state index contributed by atoms with van der Waals surface area (Å²) >= 11 is 0. The van der Waals surface area contributed by atoms with Crippen LogP contribution in [0.2, 0.25) is 0 Å². The lowest BCUT2D eigenvalue weighted by molar-refractivity contribution is 0.0917. The SMILES string of the molecule is COc1ccc(F)c(C(=O)NC2CCC3CCCC32)c1F. The fraction of sp³-hybridized carbons (Fsp3) is 0.562. The average molecular weight is 295 g/mol. The first kappa shape index (κ1) is 14.3. The third kappa shape index (κ3) is 2.49. The second-order valence-electron chi connectivity index (χ2n) is 5.95. The number of halogens is 2. The maximum Gasteiger partial charge on any atom is 0.257 e. The van der Waals surface area contributed by atoms with E-state index < -0.39 is 23.1 Å². The van der Waals surface area contributed by atoms with Crippen LogP contribution in [0.3, 0.4) is 0 Å². The van der Waals surface area contributed by atoms with E-state index >= 15 is 0 Å². The van der Waals surface area contributed by atoms with Gasteiger partial charge in [0.1, 0.15) is 11.4 Å². The van der Waals surface area contributed by atoms with E-state index in [2.05, 4.69) is 5.32 Å². The summed E-state index contributed by atoms with van der Waals surface area (Å²) in [6.45, 7) is 0. The number of carbonyl (C=O) groups is 1. The van der Waals surface area contributed by atoms with Crippen LogP contribution in [0.15, 0.2) is 12.1 Å². The second-order valence-corrected chi connectivity index (χ2v) is 5.95. The Morgan fingerprint density at radius 2 is 2.05 bits per heavy atom. The van der Waals surface area contributed by atoms with Crippen molar-refractivity contribution >= 4 is 5.91 Å². The molecule has 2 fully saturated rings. The Hall–Kier alpha value is -1.65. The van der Waals surface area contributed by atoms with E-state index in [1.165, 1.54) is 26.0 Å². The van der Waals surface area contributed by atoms with Gasteiger partial charge in [-0.2, -0.15) is 0 Å². The van der Waals surface area contributed by atoms with E-state index in [-0.39, 0.29) is 11.8 Å². The monoisotopic (exact) mass is 295 g/mol.